The normalized spacial score (nSPS) is 17.8. The molecule has 0 fully saturated rings. The van der Waals surface area contributed by atoms with Gasteiger partial charge in [-0.1, -0.05) is 6.42 Å². The highest BCUT2D eigenvalue weighted by Crippen LogP contribution is 2.12. The molecule has 0 heterocycles. The molecule has 0 aromatic heterocycles. The second-order valence-electron chi connectivity index (χ2n) is 3.83. The van der Waals surface area contributed by atoms with Crippen molar-refractivity contribution in [2.75, 3.05) is 6.54 Å². The molecule has 15 heavy (non-hydrogen) atoms. The predicted octanol–water partition coefficient (Wildman–Crippen LogP) is -0.198. The van der Waals surface area contributed by atoms with E-state index in [0.29, 0.717) is 13.0 Å². The van der Waals surface area contributed by atoms with Crippen LogP contribution in [0.25, 0.3) is 0 Å². The summed E-state index contributed by atoms with van der Waals surface area (Å²) in [6.07, 6.45) is 0.771. The van der Waals surface area contributed by atoms with Crippen LogP contribution < -0.4 is 5.73 Å². The molecule has 0 bridgehead atoms. The zero-order valence-corrected chi connectivity index (χ0v) is 9.63. The highest BCUT2D eigenvalue weighted by atomic mass is 16.4. The van der Waals surface area contributed by atoms with Crippen molar-refractivity contribution < 1.29 is 15.3 Å². The van der Waals surface area contributed by atoms with Crippen molar-refractivity contribution in [3.63, 3.8) is 0 Å². The van der Waals surface area contributed by atoms with Gasteiger partial charge in [-0.05, 0) is 39.7 Å². The van der Waals surface area contributed by atoms with Gasteiger partial charge in [-0.15, -0.1) is 0 Å². The van der Waals surface area contributed by atoms with Crippen LogP contribution >= 0.6 is 0 Å². The first kappa shape index (κ1) is 14.8. The van der Waals surface area contributed by atoms with E-state index in [-0.39, 0.29) is 0 Å². The molecule has 3 unspecified atom stereocenters. The van der Waals surface area contributed by atoms with Gasteiger partial charge in [-0.2, -0.15) is 0 Å². The summed E-state index contributed by atoms with van der Waals surface area (Å²) >= 11 is 0. The third kappa shape index (κ3) is 6.06. The van der Waals surface area contributed by atoms with Crippen LogP contribution in [0.15, 0.2) is 0 Å². The van der Waals surface area contributed by atoms with E-state index >= 15 is 0 Å². The Labute approximate surface area is 91.5 Å². The first-order valence-corrected chi connectivity index (χ1v) is 5.52. The van der Waals surface area contributed by atoms with Gasteiger partial charge in [0.25, 0.3) is 0 Å². The van der Waals surface area contributed by atoms with E-state index in [1.807, 2.05) is 0 Å². The zero-order chi connectivity index (χ0) is 11.8. The molecule has 0 aliphatic carbocycles. The molecule has 5 nitrogen and oxygen atoms in total. The van der Waals surface area contributed by atoms with E-state index in [2.05, 4.69) is 0 Å². The fourth-order valence-electron chi connectivity index (χ4n) is 1.61. The van der Waals surface area contributed by atoms with Gasteiger partial charge in [-0.25, -0.2) is 4.90 Å². The molecule has 3 atom stereocenters. The lowest BCUT2D eigenvalue weighted by Crippen LogP contribution is -2.47. The molecule has 92 valence electrons. The summed E-state index contributed by atoms with van der Waals surface area (Å²) < 4.78 is 0. The van der Waals surface area contributed by atoms with E-state index in [9.17, 15) is 15.3 Å². The Morgan fingerprint density at radius 2 is 1.53 bits per heavy atom. The van der Waals surface area contributed by atoms with Gasteiger partial charge in [0.05, 0.1) is 0 Å². The molecule has 5 N–H and O–H groups in total. The minimum Gasteiger partial charge on any atom is -0.379 e. The van der Waals surface area contributed by atoms with Crippen LogP contribution in [-0.4, -0.2) is 45.4 Å². The summed E-state index contributed by atoms with van der Waals surface area (Å²) in [5, 5.41) is 28.4. The summed E-state index contributed by atoms with van der Waals surface area (Å²) in [6, 6.07) is 0. The van der Waals surface area contributed by atoms with Crippen molar-refractivity contribution in [1.82, 2.24) is 4.90 Å². The molecule has 0 amide bonds. The molecule has 0 radical (unpaired) electrons. The smallest absolute Gasteiger partial charge is 0.111 e. The quantitative estimate of drug-likeness (QED) is 0.336. The number of hydrogen-bond donors (Lipinski definition) is 4. The largest absolute Gasteiger partial charge is 0.379 e. The van der Waals surface area contributed by atoms with E-state index in [1.54, 1.807) is 0 Å². The first-order chi connectivity index (χ1) is 7.00. The average molecular weight is 220 g/mol. The summed E-state index contributed by atoms with van der Waals surface area (Å²) in [7, 11) is 0. The Bertz CT molecular complexity index is 146. The zero-order valence-electron chi connectivity index (χ0n) is 9.63. The van der Waals surface area contributed by atoms with Gasteiger partial charge in [-0.3, -0.25) is 0 Å². The molecule has 5 heteroatoms. The number of hydrogen-bond acceptors (Lipinski definition) is 5. The van der Waals surface area contributed by atoms with Crippen molar-refractivity contribution in [3.05, 3.63) is 0 Å². The Hall–Kier alpha value is -0.200. The number of rotatable bonds is 8. The number of unbranched alkanes of at least 4 members (excludes halogenated alkanes) is 2. The molecule has 0 aliphatic heterocycles. The number of aliphatic hydroxyl groups excluding tert-OH is 3. The number of aliphatic hydroxyl groups is 3. The minimum absolute atomic E-state index is 0.538. The van der Waals surface area contributed by atoms with Gasteiger partial charge in [0.1, 0.15) is 18.7 Å². The highest BCUT2D eigenvalue weighted by molar-refractivity contribution is 4.64. The van der Waals surface area contributed by atoms with Gasteiger partial charge >= 0.3 is 0 Å². The first-order valence-electron chi connectivity index (χ1n) is 5.52. The third-order valence-electron chi connectivity index (χ3n) is 2.37. The summed E-state index contributed by atoms with van der Waals surface area (Å²) in [5.74, 6) is 0. The van der Waals surface area contributed by atoms with Crippen LogP contribution in [0, 0.1) is 0 Å². The van der Waals surface area contributed by atoms with Crippen LogP contribution in [0.3, 0.4) is 0 Å². The van der Waals surface area contributed by atoms with Crippen molar-refractivity contribution in [2.45, 2.75) is 58.2 Å². The summed E-state index contributed by atoms with van der Waals surface area (Å²) in [5.41, 5.74) is 5.35. The van der Waals surface area contributed by atoms with E-state index in [4.69, 9.17) is 5.73 Å². The van der Waals surface area contributed by atoms with Crippen molar-refractivity contribution in [3.8, 4) is 0 Å². The second-order valence-corrected chi connectivity index (χ2v) is 3.83. The summed E-state index contributed by atoms with van der Waals surface area (Å²) in [4.78, 5) is 1.27. The van der Waals surface area contributed by atoms with Gasteiger partial charge in [0.2, 0.25) is 0 Å². The van der Waals surface area contributed by atoms with Crippen molar-refractivity contribution in [1.29, 1.82) is 0 Å². The standard InChI is InChI=1S/C10H24N2O3/c1-8(13)12(9(2)14)10(15)6-4-3-5-7-11/h8-10,13-15H,3-7,11H2,1-2H3. The van der Waals surface area contributed by atoms with E-state index in [0.717, 1.165) is 19.3 Å². The van der Waals surface area contributed by atoms with Crippen LogP contribution in [0.4, 0.5) is 0 Å². The lowest BCUT2D eigenvalue weighted by molar-refractivity contribution is -0.168. The van der Waals surface area contributed by atoms with E-state index in [1.165, 1.54) is 18.7 Å². The maximum absolute atomic E-state index is 9.72. The molecule has 0 spiro atoms. The molecule has 0 aromatic rings. The molecular formula is C10H24N2O3. The fourth-order valence-corrected chi connectivity index (χ4v) is 1.61. The maximum Gasteiger partial charge on any atom is 0.111 e. The monoisotopic (exact) mass is 220 g/mol. The fraction of sp³-hybridized carbons (Fsp3) is 1.00. The van der Waals surface area contributed by atoms with Crippen LogP contribution in [0.5, 0.6) is 0 Å². The average Bonchev–Trinajstić information content (AvgIpc) is 2.11. The minimum atomic E-state index is -0.852. The molecule has 0 saturated heterocycles. The van der Waals surface area contributed by atoms with Crippen LogP contribution in [-0.2, 0) is 0 Å². The van der Waals surface area contributed by atoms with Gasteiger partial charge < -0.3 is 21.1 Å². The Morgan fingerprint density at radius 1 is 1.00 bits per heavy atom. The lowest BCUT2D eigenvalue weighted by Gasteiger charge is -2.32. The van der Waals surface area contributed by atoms with Gasteiger partial charge in [0.15, 0.2) is 0 Å². The van der Waals surface area contributed by atoms with Crippen molar-refractivity contribution >= 4 is 0 Å². The number of nitrogens with two attached hydrogens (primary N) is 1. The van der Waals surface area contributed by atoms with Crippen LogP contribution in [0.1, 0.15) is 39.5 Å². The molecule has 0 aliphatic rings. The predicted molar refractivity (Wildman–Crippen MR) is 58.7 cm³/mol. The molecule has 0 aromatic carbocycles. The Morgan fingerprint density at radius 3 is 1.93 bits per heavy atom. The lowest BCUT2D eigenvalue weighted by atomic mass is 10.1. The van der Waals surface area contributed by atoms with E-state index < -0.39 is 18.7 Å². The maximum atomic E-state index is 9.72. The van der Waals surface area contributed by atoms with Crippen LogP contribution in [0.2, 0.25) is 0 Å². The Kier molecular flexibility index (Phi) is 7.90. The third-order valence-corrected chi connectivity index (χ3v) is 2.37. The van der Waals surface area contributed by atoms with Crippen molar-refractivity contribution in [2.24, 2.45) is 5.73 Å². The second kappa shape index (κ2) is 8.01. The highest BCUT2D eigenvalue weighted by Gasteiger charge is 2.23. The number of nitrogens with zero attached hydrogens (tertiary/aromatic N) is 1. The topological polar surface area (TPSA) is 90.0 Å². The SMILES string of the molecule is CC(O)N(C(C)O)C(O)CCCCCN. The molecule has 0 saturated carbocycles. The molecular weight excluding hydrogens is 196 g/mol. The van der Waals surface area contributed by atoms with Gasteiger partial charge in [0, 0.05) is 0 Å². The summed E-state index contributed by atoms with van der Waals surface area (Å²) in [6.45, 7) is 3.71. The molecule has 0 rings (SSSR count). The Balaban J connectivity index is 3.87.